The number of thiophene rings is 1. The molecular formula is C17H11Br2NOS. The fourth-order valence-electron chi connectivity index (χ4n) is 2.03. The Bertz CT molecular complexity index is 815. The van der Waals surface area contributed by atoms with E-state index in [1.54, 1.807) is 17.4 Å². The first kappa shape index (κ1) is 15.5. The van der Waals surface area contributed by atoms with Crippen LogP contribution >= 0.6 is 43.2 Å². The lowest BCUT2D eigenvalue weighted by molar-refractivity contribution is 0.104. The Kier molecular flexibility index (Phi) is 4.76. The molecule has 2 aromatic heterocycles. The van der Waals surface area contributed by atoms with E-state index in [-0.39, 0.29) is 5.78 Å². The van der Waals surface area contributed by atoms with Gasteiger partial charge in [-0.2, -0.15) is 0 Å². The molecule has 5 heteroatoms. The van der Waals surface area contributed by atoms with E-state index in [0.717, 1.165) is 18.8 Å². The highest BCUT2D eigenvalue weighted by atomic mass is 79.9. The average Bonchev–Trinajstić information content (AvgIpc) is 3.16. The number of carbonyl (C=O) groups is 1. The number of aromatic nitrogens is 1. The Hall–Kier alpha value is -1.43. The maximum absolute atomic E-state index is 12.3. The molecule has 0 spiro atoms. The van der Waals surface area contributed by atoms with Crippen LogP contribution < -0.4 is 0 Å². The van der Waals surface area contributed by atoms with Crippen LogP contribution in [-0.4, -0.2) is 10.4 Å². The van der Waals surface area contributed by atoms with Crippen molar-refractivity contribution in [1.82, 2.24) is 4.57 Å². The maximum atomic E-state index is 12.3. The molecule has 110 valence electrons. The first-order valence-corrected chi connectivity index (χ1v) is 8.94. The third kappa shape index (κ3) is 3.48. The number of carbonyl (C=O) groups excluding carboxylic acids is 1. The quantitative estimate of drug-likeness (QED) is 0.365. The second-order valence-electron chi connectivity index (χ2n) is 4.61. The molecule has 0 bridgehead atoms. The van der Waals surface area contributed by atoms with Gasteiger partial charge in [0, 0.05) is 33.0 Å². The number of hydrogen-bond acceptors (Lipinski definition) is 2. The van der Waals surface area contributed by atoms with Gasteiger partial charge in [0.15, 0.2) is 5.78 Å². The van der Waals surface area contributed by atoms with Crippen molar-refractivity contribution in [3.05, 3.63) is 79.6 Å². The van der Waals surface area contributed by atoms with E-state index >= 15 is 0 Å². The molecule has 0 aliphatic rings. The van der Waals surface area contributed by atoms with Crippen LogP contribution in [0.25, 0.3) is 11.8 Å². The lowest BCUT2D eigenvalue weighted by atomic mass is 10.1. The summed E-state index contributed by atoms with van der Waals surface area (Å²) in [6.45, 7) is 0. The zero-order valence-electron chi connectivity index (χ0n) is 11.4. The molecule has 0 radical (unpaired) electrons. The molecule has 3 aromatic rings. The molecule has 22 heavy (non-hydrogen) atoms. The van der Waals surface area contributed by atoms with Crippen LogP contribution in [0, 0.1) is 0 Å². The van der Waals surface area contributed by atoms with Crippen molar-refractivity contribution < 1.29 is 4.79 Å². The van der Waals surface area contributed by atoms with Gasteiger partial charge < -0.3 is 4.57 Å². The molecular weight excluding hydrogens is 426 g/mol. The molecule has 3 rings (SSSR count). The van der Waals surface area contributed by atoms with Crippen LogP contribution in [0.1, 0.15) is 15.2 Å². The normalized spacial score (nSPS) is 11.2. The average molecular weight is 437 g/mol. The number of benzene rings is 1. The molecule has 0 unspecified atom stereocenters. The predicted octanol–water partition coefficient (Wildman–Crippen LogP) is 5.96. The maximum Gasteiger partial charge on any atom is 0.185 e. The molecule has 2 heterocycles. The molecule has 2 nitrogen and oxygen atoms in total. The molecule has 0 aliphatic heterocycles. The Labute approximate surface area is 149 Å². The minimum Gasteiger partial charge on any atom is -0.324 e. The smallest absolute Gasteiger partial charge is 0.185 e. The second kappa shape index (κ2) is 6.77. The lowest BCUT2D eigenvalue weighted by Gasteiger charge is -2.04. The minimum absolute atomic E-state index is 0.00495. The fraction of sp³-hybridized carbons (Fsp3) is 0. The van der Waals surface area contributed by atoms with Crippen LogP contribution in [0.5, 0.6) is 0 Å². The number of halogens is 2. The highest BCUT2D eigenvalue weighted by molar-refractivity contribution is 9.13. The van der Waals surface area contributed by atoms with Gasteiger partial charge in [0.05, 0.1) is 3.79 Å². The van der Waals surface area contributed by atoms with E-state index in [0.29, 0.717) is 5.56 Å². The third-order valence-corrected chi connectivity index (χ3v) is 6.32. The standard InChI is InChI=1S/C17H11Br2NOS/c18-15-11-14(22-17(15)19)6-7-16(21)12-4-3-5-13(10-12)20-8-1-2-9-20/h1-11H/b7-6+. The van der Waals surface area contributed by atoms with Crippen LogP contribution in [0.3, 0.4) is 0 Å². The van der Waals surface area contributed by atoms with E-state index in [1.807, 2.05) is 65.5 Å². The van der Waals surface area contributed by atoms with Gasteiger partial charge in [0.2, 0.25) is 0 Å². The second-order valence-corrected chi connectivity index (χ2v) is 7.86. The first-order valence-electron chi connectivity index (χ1n) is 6.54. The molecule has 0 fully saturated rings. The van der Waals surface area contributed by atoms with E-state index < -0.39 is 0 Å². The van der Waals surface area contributed by atoms with Gasteiger partial charge in [0.25, 0.3) is 0 Å². The Morgan fingerprint density at radius 2 is 1.86 bits per heavy atom. The van der Waals surface area contributed by atoms with Crippen LogP contribution in [0.15, 0.2) is 69.2 Å². The lowest BCUT2D eigenvalue weighted by Crippen LogP contribution is -1.97. The molecule has 0 N–H and O–H groups in total. The molecule has 0 aliphatic carbocycles. The first-order chi connectivity index (χ1) is 10.6. The van der Waals surface area contributed by atoms with Crippen LogP contribution in [0.2, 0.25) is 0 Å². The van der Waals surface area contributed by atoms with Gasteiger partial charge in [-0.05, 0) is 74.3 Å². The van der Waals surface area contributed by atoms with Gasteiger partial charge in [0.1, 0.15) is 0 Å². The summed E-state index contributed by atoms with van der Waals surface area (Å²) in [5.41, 5.74) is 1.66. The zero-order valence-corrected chi connectivity index (χ0v) is 15.4. The van der Waals surface area contributed by atoms with Gasteiger partial charge in [-0.15, -0.1) is 11.3 Å². The number of nitrogens with zero attached hydrogens (tertiary/aromatic N) is 1. The largest absolute Gasteiger partial charge is 0.324 e. The van der Waals surface area contributed by atoms with Crippen molar-refractivity contribution >= 4 is 55.1 Å². The third-order valence-electron chi connectivity index (χ3n) is 3.10. The molecule has 0 atom stereocenters. The summed E-state index contributed by atoms with van der Waals surface area (Å²) in [6, 6.07) is 13.5. The molecule has 0 saturated heterocycles. The summed E-state index contributed by atoms with van der Waals surface area (Å²) >= 11 is 8.47. The summed E-state index contributed by atoms with van der Waals surface area (Å²) < 4.78 is 4.00. The van der Waals surface area contributed by atoms with Gasteiger partial charge in [-0.1, -0.05) is 12.1 Å². The summed E-state index contributed by atoms with van der Waals surface area (Å²) in [6.07, 6.45) is 7.37. The summed E-state index contributed by atoms with van der Waals surface area (Å²) in [7, 11) is 0. The van der Waals surface area contributed by atoms with E-state index in [4.69, 9.17) is 0 Å². The Balaban J connectivity index is 1.82. The van der Waals surface area contributed by atoms with Crippen molar-refractivity contribution in [3.63, 3.8) is 0 Å². The van der Waals surface area contributed by atoms with Crippen molar-refractivity contribution in [3.8, 4) is 5.69 Å². The van der Waals surface area contributed by atoms with Crippen LogP contribution in [-0.2, 0) is 0 Å². The minimum atomic E-state index is -0.00495. The van der Waals surface area contributed by atoms with Crippen molar-refractivity contribution in [2.45, 2.75) is 0 Å². The number of rotatable bonds is 4. The van der Waals surface area contributed by atoms with Crippen molar-refractivity contribution in [2.75, 3.05) is 0 Å². The van der Waals surface area contributed by atoms with Crippen molar-refractivity contribution in [1.29, 1.82) is 0 Å². The topological polar surface area (TPSA) is 22.0 Å². The van der Waals surface area contributed by atoms with Gasteiger partial charge in [-0.25, -0.2) is 0 Å². The molecule has 0 saturated carbocycles. The summed E-state index contributed by atoms with van der Waals surface area (Å²) in [4.78, 5) is 13.3. The summed E-state index contributed by atoms with van der Waals surface area (Å²) in [5, 5.41) is 0. The van der Waals surface area contributed by atoms with E-state index in [9.17, 15) is 4.79 Å². The van der Waals surface area contributed by atoms with E-state index in [1.165, 1.54) is 0 Å². The SMILES string of the molecule is O=C(/C=C/c1cc(Br)c(Br)s1)c1cccc(-n2cccc2)c1. The Morgan fingerprint density at radius 3 is 2.55 bits per heavy atom. The number of hydrogen-bond donors (Lipinski definition) is 0. The summed E-state index contributed by atoms with van der Waals surface area (Å²) in [5.74, 6) is -0.00495. The predicted molar refractivity (Wildman–Crippen MR) is 98.9 cm³/mol. The monoisotopic (exact) mass is 435 g/mol. The van der Waals surface area contributed by atoms with Gasteiger partial charge in [-0.3, -0.25) is 4.79 Å². The van der Waals surface area contributed by atoms with Crippen LogP contribution in [0.4, 0.5) is 0 Å². The Morgan fingerprint density at radius 1 is 1.09 bits per heavy atom. The highest BCUT2D eigenvalue weighted by Gasteiger charge is 2.05. The highest BCUT2D eigenvalue weighted by Crippen LogP contribution is 2.33. The number of ketones is 1. The van der Waals surface area contributed by atoms with E-state index in [2.05, 4.69) is 31.9 Å². The molecule has 1 aromatic carbocycles. The zero-order chi connectivity index (χ0) is 15.5. The molecule has 0 amide bonds. The number of allylic oxidation sites excluding steroid dienone is 1. The fourth-order valence-corrected chi connectivity index (χ4v) is 4.02. The van der Waals surface area contributed by atoms with Gasteiger partial charge >= 0.3 is 0 Å². The van der Waals surface area contributed by atoms with Crippen molar-refractivity contribution in [2.24, 2.45) is 0 Å².